The quantitative estimate of drug-likeness (QED) is 0.787. The average Bonchev–Trinajstić information content (AvgIpc) is 2.21. The molecule has 1 unspecified atom stereocenters. The van der Waals surface area contributed by atoms with Gasteiger partial charge in [-0.2, -0.15) is 0 Å². The fourth-order valence-corrected chi connectivity index (χ4v) is 2.38. The van der Waals surface area contributed by atoms with Gasteiger partial charge in [-0.3, -0.25) is 9.00 Å². The van der Waals surface area contributed by atoms with Crippen LogP contribution in [0.4, 0.5) is 0 Å². The van der Waals surface area contributed by atoms with Crippen molar-refractivity contribution in [3.05, 3.63) is 29.3 Å². The van der Waals surface area contributed by atoms with Crippen LogP contribution in [0.2, 0.25) is 0 Å². The zero-order chi connectivity index (χ0) is 11.4. The smallest absolute Gasteiger partial charge is 0.145 e. The van der Waals surface area contributed by atoms with Crippen molar-refractivity contribution in [2.75, 3.05) is 5.75 Å². The van der Waals surface area contributed by atoms with Gasteiger partial charge in [0.2, 0.25) is 0 Å². The van der Waals surface area contributed by atoms with E-state index in [1.165, 1.54) is 5.56 Å². The Bertz CT molecular complexity index is 397. The third kappa shape index (κ3) is 3.27. The molecule has 1 rings (SSSR count). The molecule has 0 bridgehead atoms. The van der Waals surface area contributed by atoms with Crippen LogP contribution in [0.25, 0.3) is 0 Å². The second-order valence-electron chi connectivity index (χ2n) is 3.63. The Labute approximate surface area is 93.2 Å². The number of hydrogen-bond donors (Lipinski definition) is 0. The molecule has 0 aromatic heterocycles. The van der Waals surface area contributed by atoms with Crippen LogP contribution in [-0.4, -0.2) is 15.7 Å². The van der Waals surface area contributed by atoms with E-state index in [0.717, 1.165) is 10.5 Å². The number of hydrogen-bond acceptors (Lipinski definition) is 2. The summed E-state index contributed by atoms with van der Waals surface area (Å²) < 4.78 is 11.8. The third-order valence-electron chi connectivity index (χ3n) is 2.43. The van der Waals surface area contributed by atoms with Crippen LogP contribution in [0, 0.1) is 13.8 Å². The van der Waals surface area contributed by atoms with Crippen LogP contribution in [-0.2, 0) is 15.6 Å². The molecule has 0 saturated carbocycles. The fourth-order valence-electron chi connectivity index (χ4n) is 1.19. The molecule has 1 atom stereocenters. The maximum atomic E-state index is 11.8. The van der Waals surface area contributed by atoms with Gasteiger partial charge in [0.1, 0.15) is 5.78 Å². The van der Waals surface area contributed by atoms with E-state index < -0.39 is 10.8 Å². The standard InChI is InChI=1S/C12H16O2S/c1-4-11(13)8-15(14)12-6-5-9(2)10(3)7-12/h5-7H,4,8H2,1-3H3. The first-order valence-electron chi connectivity index (χ1n) is 5.02. The van der Waals surface area contributed by atoms with E-state index in [1.54, 1.807) is 6.92 Å². The lowest BCUT2D eigenvalue weighted by Gasteiger charge is -2.04. The van der Waals surface area contributed by atoms with Crippen LogP contribution >= 0.6 is 0 Å². The van der Waals surface area contributed by atoms with E-state index >= 15 is 0 Å². The van der Waals surface area contributed by atoms with E-state index in [9.17, 15) is 9.00 Å². The van der Waals surface area contributed by atoms with Gasteiger partial charge in [0.25, 0.3) is 0 Å². The lowest BCUT2D eigenvalue weighted by Crippen LogP contribution is -2.09. The zero-order valence-corrected chi connectivity index (χ0v) is 10.2. The van der Waals surface area contributed by atoms with E-state index in [1.807, 2.05) is 32.0 Å². The number of carbonyl (C=O) groups excluding carboxylic acids is 1. The molecular weight excluding hydrogens is 208 g/mol. The summed E-state index contributed by atoms with van der Waals surface area (Å²) >= 11 is 0. The lowest BCUT2D eigenvalue weighted by atomic mass is 10.1. The first kappa shape index (κ1) is 12.1. The van der Waals surface area contributed by atoms with Gasteiger partial charge in [0.05, 0.1) is 16.6 Å². The number of Topliss-reactive ketones (excluding diaryl/α,β-unsaturated/α-hetero) is 1. The minimum Gasteiger partial charge on any atom is -0.299 e. The SMILES string of the molecule is CCC(=O)CS(=O)c1ccc(C)c(C)c1. The Hall–Kier alpha value is -0.960. The monoisotopic (exact) mass is 224 g/mol. The first-order chi connectivity index (χ1) is 7.04. The summed E-state index contributed by atoms with van der Waals surface area (Å²) in [4.78, 5) is 11.9. The largest absolute Gasteiger partial charge is 0.299 e. The van der Waals surface area contributed by atoms with Gasteiger partial charge < -0.3 is 0 Å². The summed E-state index contributed by atoms with van der Waals surface area (Å²) in [5.74, 6) is 0.186. The molecule has 0 aliphatic carbocycles. The highest BCUT2D eigenvalue weighted by atomic mass is 32.2. The van der Waals surface area contributed by atoms with E-state index in [0.29, 0.717) is 6.42 Å². The molecule has 2 nitrogen and oxygen atoms in total. The van der Waals surface area contributed by atoms with E-state index in [4.69, 9.17) is 0 Å². The van der Waals surface area contributed by atoms with Crippen molar-refractivity contribution in [3.63, 3.8) is 0 Å². The highest BCUT2D eigenvalue weighted by Gasteiger charge is 2.09. The molecule has 0 aliphatic rings. The Morgan fingerprint density at radius 2 is 1.93 bits per heavy atom. The summed E-state index contributed by atoms with van der Waals surface area (Å²) in [6.45, 7) is 5.79. The molecule has 82 valence electrons. The van der Waals surface area contributed by atoms with Crippen LogP contribution in [0.5, 0.6) is 0 Å². The van der Waals surface area contributed by atoms with Crippen molar-refractivity contribution < 1.29 is 9.00 Å². The Balaban J connectivity index is 2.83. The van der Waals surface area contributed by atoms with Gasteiger partial charge in [0.15, 0.2) is 0 Å². The van der Waals surface area contributed by atoms with Crippen molar-refractivity contribution in [2.24, 2.45) is 0 Å². The molecular formula is C12H16O2S. The van der Waals surface area contributed by atoms with Crippen molar-refractivity contribution in [2.45, 2.75) is 32.1 Å². The van der Waals surface area contributed by atoms with Gasteiger partial charge in [-0.15, -0.1) is 0 Å². The number of aryl methyl sites for hydroxylation is 2. The number of benzene rings is 1. The second-order valence-corrected chi connectivity index (χ2v) is 5.08. The lowest BCUT2D eigenvalue weighted by molar-refractivity contribution is -0.116. The van der Waals surface area contributed by atoms with Gasteiger partial charge in [0, 0.05) is 11.3 Å². The summed E-state index contributed by atoms with van der Waals surface area (Å²) in [7, 11) is -1.18. The number of ketones is 1. The number of carbonyl (C=O) groups is 1. The Morgan fingerprint density at radius 1 is 1.27 bits per heavy atom. The molecule has 0 heterocycles. The zero-order valence-electron chi connectivity index (χ0n) is 9.37. The highest BCUT2D eigenvalue weighted by molar-refractivity contribution is 7.85. The van der Waals surface area contributed by atoms with Crippen LogP contribution in [0.15, 0.2) is 23.1 Å². The summed E-state index contributed by atoms with van der Waals surface area (Å²) in [6.07, 6.45) is 0.455. The number of rotatable bonds is 4. The summed E-state index contributed by atoms with van der Waals surface area (Å²) in [5, 5.41) is 0. The van der Waals surface area contributed by atoms with Crippen molar-refractivity contribution in [1.29, 1.82) is 0 Å². The molecule has 0 spiro atoms. The Kier molecular flexibility index (Phi) is 4.21. The minimum atomic E-state index is -1.18. The van der Waals surface area contributed by atoms with Gasteiger partial charge in [-0.05, 0) is 37.1 Å². The summed E-state index contributed by atoms with van der Waals surface area (Å²) in [6, 6.07) is 5.68. The molecule has 0 aliphatic heterocycles. The van der Waals surface area contributed by atoms with Crippen molar-refractivity contribution >= 4 is 16.6 Å². The van der Waals surface area contributed by atoms with Crippen LogP contribution in [0.3, 0.4) is 0 Å². The average molecular weight is 224 g/mol. The molecule has 3 heteroatoms. The van der Waals surface area contributed by atoms with Crippen LogP contribution < -0.4 is 0 Å². The van der Waals surface area contributed by atoms with Crippen molar-refractivity contribution in [1.82, 2.24) is 0 Å². The molecule has 0 N–H and O–H groups in total. The fraction of sp³-hybridized carbons (Fsp3) is 0.417. The maximum Gasteiger partial charge on any atom is 0.145 e. The molecule has 1 aromatic rings. The molecule has 15 heavy (non-hydrogen) atoms. The Morgan fingerprint density at radius 3 is 2.47 bits per heavy atom. The molecule has 0 amide bonds. The third-order valence-corrected chi connectivity index (χ3v) is 3.79. The van der Waals surface area contributed by atoms with Crippen LogP contribution in [0.1, 0.15) is 24.5 Å². The molecule has 0 radical (unpaired) electrons. The predicted octanol–water partition coefficient (Wildman–Crippen LogP) is 2.39. The summed E-state index contributed by atoms with van der Waals surface area (Å²) in [5.41, 5.74) is 2.29. The normalized spacial score (nSPS) is 12.5. The van der Waals surface area contributed by atoms with E-state index in [2.05, 4.69) is 0 Å². The first-order valence-corrected chi connectivity index (χ1v) is 6.33. The predicted molar refractivity (Wildman–Crippen MR) is 62.5 cm³/mol. The van der Waals surface area contributed by atoms with Gasteiger partial charge >= 0.3 is 0 Å². The molecule has 1 aromatic carbocycles. The van der Waals surface area contributed by atoms with E-state index in [-0.39, 0.29) is 11.5 Å². The second kappa shape index (κ2) is 5.21. The minimum absolute atomic E-state index is 0.0477. The van der Waals surface area contributed by atoms with Gasteiger partial charge in [-0.1, -0.05) is 13.0 Å². The molecule has 0 fully saturated rings. The maximum absolute atomic E-state index is 11.8. The topological polar surface area (TPSA) is 34.1 Å². The molecule has 0 saturated heterocycles. The highest BCUT2D eigenvalue weighted by Crippen LogP contribution is 2.13. The van der Waals surface area contributed by atoms with Crippen molar-refractivity contribution in [3.8, 4) is 0 Å². The van der Waals surface area contributed by atoms with Gasteiger partial charge in [-0.25, -0.2) is 0 Å².